The van der Waals surface area contributed by atoms with Gasteiger partial charge in [-0.15, -0.1) is 24.0 Å². The standard InChI is InChI=1S/C22H30N4O.HI/c1-17-8-10-19(11-9-17)18(2)16-24-22(23-3)26-14-12-25(13-15-26)20-6-4-5-7-21(20)27;/h4-11,18,27H,12-16H2,1-3H3,(H,23,24);1H. The number of piperazine rings is 1. The van der Waals surface area contributed by atoms with Gasteiger partial charge < -0.3 is 20.2 Å². The number of nitrogens with one attached hydrogen (secondary N) is 1. The summed E-state index contributed by atoms with van der Waals surface area (Å²) in [4.78, 5) is 8.99. The third-order valence-electron chi connectivity index (χ3n) is 5.23. The molecule has 3 rings (SSSR count). The van der Waals surface area contributed by atoms with Crippen molar-refractivity contribution in [1.29, 1.82) is 0 Å². The summed E-state index contributed by atoms with van der Waals surface area (Å²) in [6.45, 7) is 8.71. The number of halogens is 1. The first-order valence-corrected chi connectivity index (χ1v) is 9.63. The summed E-state index contributed by atoms with van der Waals surface area (Å²) in [5.74, 6) is 1.72. The summed E-state index contributed by atoms with van der Waals surface area (Å²) in [5, 5.41) is 13.6. The minimum Gasteiger partial charge on any atom is -0.506 e. The minimum absolute atomic E-state index is 0. The van der Waals surface area contributed by atoms with Crippen LogP contribution in [0.2, 0.25) is 0 Å². The number of para-hydroxylation sites is 2. The molecule has 1 aliphatic rings. The number of rotatable bonds is 4. The van der Waals surface area contributed by atoms with E-state index in [1.165, 1.54) is 11.1 Å². The van der Waals surface area contributed by atoms with E-state index in [1.807, 2.05) is 25.2 Å². The van der Waals surface area contributed by atoms with E-state index in [0.29, 0.717) is 11.7 Å². The molecule has 1 aliphatic heterocycles. The first kappa shape index (κ1) is 22.3. The molecular formula is C22H31IN4O. The number of hydrogen-bond donors (Lipinski definition) is 2. The highest BCUT2D eigenvalue weighted by Gasteiger charge is 2.21. The molecule has 0 aromatic heterocycles. The van der Waals surface area contributed by atoms with Gasteiger partial charge in [0.25, 0.3) is 0 Å². The molecule has 28 heavy (non-hydrogen) atoms. The van der Waals surface area contributed by atoms with Crippen LogP contribution < -0.4 is 10.2 Å². The molecule has 2 aromatic rings. The molecule has 1 fully saturated rings. The van der Waals surface area contributed by atoms with Crippen LogP contribution in [0.4, 0.5) is 5.69 Å². The number of guanidine groups is 1. The molecule has 1 unspecified atom stereocenters. The average molecular weight is 494 g/mol. The average Bonchev–Trinajstić information content (AvgIpc) is 2.70. The normalized spacial score (nSPS) is 15.8. The molecule has 1 saturated heterocycles. The van der Waals surface area contributed by atoms with Gasteiger partial charge in [0, 0.05) is 39.8 Å². The zero-order valence-corrected chi connectivity index (χ0v) is 19.3. The van der Waals surface area contributed by atoms with Gasteiger partial charge in [-0.25, -0.2) is 0 Å². The molecule has 1 atom stereocenters. The number of aryl methyl sites for hydroxylation is 1. The van der Waals surface area contributed by atoms with E-state index in [1.54, 1.807) is 6.07 Å². The number of anilines is 1. The lowest BCUT2D eigenvalue weighted by atomic mass is 10.0. The largest absolute Gasteiger partial charge is 0.506 e. The molecular weight excluding hydrogens is 463 g/mol. The van der Waals surface area contributed by atoms with E-state index >= 15 is 0 Å². The number of nitrogens with zero attached hydrogens (tertiary/aromatic N) is 3. The smallest absolute Gasteiger partial charge is 0.193 e. The van der Waals surface area contributed by atoms with Crippen LogP contribution in [0.25, 0.3) is 0 Å². The van der Waals surface area contributed by atoms with Crippen LogP contribution in [0.3, 0.4) is 0 Å². The van der Waals surface area contributed by atoms with Gasteiger partial charge in [-0.1, -0.05) is 48.9 Å². The van der Waals surface area contributed by atoms with Gasteiger partial charge in [0.2, 0.25) is 0 Å². The van der Waals surface area contributed by atoms with Gasteiger partial charge in [-0.05, 0) is 30.5 Å². The molecule has 6 heteroatoms. The van der Waals surface area contributed by atoms with E-state index in [2.05, 4.69) is 58.2 Å². The van der Waals surface area contributed by atoms with Crippen LogP contribution in [0, 0.1) is 6.92 Å². The highest BCUT2D eigenvalue weighted by molar-refractivity contribution is 14.0. The fourth-order valence-electron chi connectivity index (χ4n) is 3.48. The molecule has 1 heterocycles. The predicted molar refractivity (Wildman–Crippen MR) is 128 cm³/mol. The second-order valence-electron chi connectivity index (χ2n) is 7.20. The maximum absolute atomic E-state index is 10.1. The zero-order chi connectivity index (χ0) is 19.2. The molecule has 0 amide bonds. The lowest BCUT2D eigenvalue weighted by Crippen LogP contribution is -2.53. The molecule has 0 spiro atoms. The molecule has 0 bridgehead atoms. The van der Waals surface area contributed by atoms with Crippen molar-refractivity contribution < 1.29 is 5.11 Å². The van der Waals surface area contributed by atoms with Crippen molar-refractivity contribution in [3.8, 4) is 5.75 Å². The quantitative estimate of drug-likeness (QED) is 0.386. The van der Waals surface area contributed by atoms with Crippen molar-refractivity contribution in [1.82, 2.24) is 10.2 Å². The van der Waals surface area contributed by atoms with Gasteiger partial charge in [0.05, 0.1) is 5.69 Å². The predicted octanol–water partition coefficient (Wildman–Crippen LogP) is 3.82. The number of aliphatic imine (C=N–C) groups is 1. The molecule has 0 saturated carbocycles. The lowest BCUT2D eigenvalue weighted by molar-refractivity contribution is 0.369. The molecule has 5 nitrogen and oxygen atoms in total. The summed E-state index contributed by atoms with van der Waals surface area (Å²) in [5.41, 5.74) is 3.54. The summed E-state index contributed by atoms with van der Waals surface area (Å²) in [6, 6.07) is 16.3. The first-order valence-electron chi connectivity index (χ1n) is 9.63. The van der Waals surface area contributed by atoms with Crippen molar-refractivity contribution in [3.63, 3.8) is 0 Å². The van der Waals surface area contributed by atoms with Crippen LogP contribution in [-0.4, -0.2) is 55.7 Å². The number of phenols is 1. The van der Waals surface area contributed by atoms with E-state index in [-0.39, 0.29) is 24.0 Å². The summed E-state index contributed by atoms with van der Waals surface area (Å²) in [6.07, 6.45) is 0. The van der Waals surface area contributed by atoms with Gasteiger partial charge >= 0.3 is 0 Å². The second kappa shape index (κ2) is 10.5. The molecule has 152 valence electrons. The zero-order valence-electron chi connectivity index (χ0n) is 16.9. The van der Waals surface area contributed by atoms with Gasteiger partial charge in [0.1, 0.15) is 5.75 Å². The Labute approximate surface area is 185 Å². The van der Waals surface area contributed by atoms with Crippen LogP contribution in [-0.2, 0) is 0 Å². The highest BCUT2D eigenvalue weighted by atomic mass is 127. The van der Waals surface area contributed by atoms with Crippen LogP contribution >= 0.6 is 24.0 Å². The summed E-state index contributed by atoms with van der Waals surface area (Å²) >= 11 is 0. The van der Waals surface area contributed by atoms with Crippen molar-refractivity contribution >= 4 is 35.6 Å². The molecule has 2 N–H and O–H groups in total. The fourth-order valence-corrected chi connectivity index (χ4v) is 3.48. The van der Waals surface area contributed by atoms with Crippen LogP contribution in [0.5, 0.6) is 5.75 Å². The Kier molecular flexibility index (Phi) is 8.41. The fraction of sp³-hybridized carbons (Fsp3) is 0.409. The highest BCUT2D eigenvalue weighted by Crippen LogP contribution is 2.27. The summed E-state index contributed by atoms with van der Waals surface area (Å²) < 4.78 is 0. The Bertz CT molecular complexity index is 770. The molecule has 0 aliphatic carbocycles. The Balaban J connectivity index is 0.00000280. The number of hydrogen-bond acceptors (Lipinski definition) is 3. The van der Waals surface area contributed by atoms with Crippen LogP contribution in [0.1, 0.15) is 24.0 Å². The topological polar surface area (TPSA) is 51.1 Å². The maximum atomic E-state index is 10.1. The first-order chi connectivity index (χ1) is 13.1. The maximum Gasteiger partial charge on any atom is 0.193 e. The van der Waals surface area contributed by atoms with Crippen LogP contribution in [0.15, 0.2) is 53.5 Å². The molecule has 2 aromatic carbocycles. The van der Waals surface area contributed by atoms with E-state index in [9.17, 15) is 5.11 Å². The third-order valence-corrected chi connectivity index (χ3v) is 5.23. The van der Waals surface area contributed by atoms with Crippen molar-refractivity contribution in [2.45, 2.75) is 19.8 Å². The summed E-state index contributed by atoms with van der Waals surface area (Å²) in [7, 11) is 1.84. The van der Waals surface area contributed by atoms with E-state index < -0.39 is 0 Å². The van der Waals surface area contributed by atoms with Crippen molar-refractivity contribution in [2.75, 3.05) is 44.7 Å². The Morgan fingerprint density at radius 1 is 1.07 bits per heavy atom. The number of benzene rings is 2. The second-order valence-corrected chi connectivity index (χ2v) is 7.20. The van der Waals surface area contributed by atoms with Crippen molar-refractivity contribution in [2.24, 2.45) is 4.99 Å². The van der Waals surface area contributed by atoms with E-state index in [0.717, 1.165) is 44.4 Å². The Morgan fingerprint density at radius 3 is 2.32 bits per heavy atom. The van der Waals surface area contributed by atoms with Gasteiger partial charge in [-0.3, -0.25) is 4.99 Å². The lowest BCUT2D eigenvalue weighted by Gasteiger charge is -2.38. The Hall–Kier alpha value is -1.96. The Morgan fingerprint density at radius 2 is 1.71 bits per heavy atom. The number of aromatic hydroxyl groups is 1. The minimum atomic E-state index is 0. The number of phenolic OH excluding ortho intramolecular Hbond substituents is 1. The van der Waals surface area contributed by atoms with E-state index in [4.69, 9.17) is 0 Å². The SMILES string of the molecule is CN=C(NCC(C)c1ccc(C)cc1)N1CCN(c2ccccc2O)CC1.I. The van der Waals surface area contributed by atoms with Gasteiger partial charge in [0.15, 0.2) is 5.96 Å². The monoisotopic (exact) mass is 494 g/mol. The van der Waals surface area contributed by atoms with Crippen molar-refractivity contribution in [3.05, 3.63) is 59.7 Å². The third kappa shape index (κ3) is 5.53. The van der Waals surface area contributed by atoms with Gasteiger partial charge in [-0.2, -0.15) is 0 Å². The molecule has 0 radical (unpaired) electrons.